The van der Waals surface area contributed by atoms with E-state index in [0.29, 0.717) is 12.5 Å². The summed E-state index contributed by atoms with van der Waals surface area (Å²) in [5, 5.41) is 10.1. The number of aromatic nitrogens is 2. The lowest BCUT2D eigenvalue weighted by atomic mass is 9.94. The molecule has 0 unspecified atom stereocenters. The van der Waals surface area contributed by atoms with Crippen molar-refractivity contribution in [1.29, 1.82) is 0 Å². The Balaban J connectivity index is 0.000000454. The fraction of sp³-hybridized carbons (Fsp3) is 0.417. The SMILES string of the molecule is Cc1ccc2cccc(OCCC3CCN(C(=O)OCc4cscn4)CC3)c2n1.O=C(O)C(F)(F)F. The van der Waals surface area contributed by atoms with Crippen molar-refractivity contribution in [3.8, 4) is 5.75 Å². The second-order valence-electron chi connectivity index (χ2n) is 8.19. The molecule has 1 fully saturated rings. The number of benzene rings is 1. The average molecular weight is 526 g/mol. The van der Waals surface area contributed by atoms with Crippen molar-refractivity contribution in [1.82, 2.24) is 14.9 Å². The number of nitrogens with zero attached hydrogens (tertiary/aromatic N) is 3. The molecule has 194 valence electrons. The lowest BCUT2D eigenvalue weighted by Gasteiger charge is -2.31. The molecular weight excluding hydrogens is 499 g/mol. The van der Waals surface area contributed by atoms with Crippen molar-refractivity contribution in [2.24, 2.45) is 5.92 Å². The van der Waals surface area contributed by atoms with Gasteiger partial charge in [0.25, 0.3) is 0 Å². The van der Waals surface area contributed by atoms with Gasteiger partial charge in [-0.25, -0.2) is 19.6 Å². The van der Waals surface area contributed by atoms with Crippen LogP contribution < -0.4 is 4.74 Å². The van der Waals surface area contributed by atoms with E-state index >= 15 is 0 Å². The lowest BCUT2D eigenvalue weighted by Crippen LogP contribution is -2.39. The summed E-state index contributed by atoms with van der Waals surface area (Å²) in [6.07, 6.45) is -2.40. The zero-order valence-corrected chi connectivity index (χ0v) is 20.3. The zero-order valence-electron chi connectivity index (χ0n) is 19.5. The fourth-order valence-electron chi connectivity index (χ4n) is 3.61. The highest BCUT2D eigenvalue weighted by molar-refractivity contribution is 7.07. The van der Waals surface area contributed by atoms with Gasteiger partial charge in [-0.3, -0.25) is 0 Å². The number of halogens is 3. The van der Waals surface area contributed by atoms with Gasteiger partial charge >= 0.3 is 18.2 Å². The number of aliphatic carboxylic acids is 1. The topological polar surface area (TPSA) is 102 Å². The number of carbonyl (C=O) groups excluding carboxylic acids is 1. The van der Waals surface area contributed by atoms with Crippen LogP contribution in [0.3, 0.4) is 0 Å². The maximum Gasteiger partial charge on any atom is 0.490 e. The number of carboxylic acids is 1. The Labute approximate surface area is 209 Å². The first-order valence-corrected chi connectivity index (χ1v) is 12.2. The molecule has 0 radical (unpaired) electrons. The molecule has 12 heteroatoms. The molecule has 1 aromatic carbocycles. The van der Waals surface area contributed by atoms with Gasteiger partial charge in [0.1, 0.15) is 17.9 Å². The van der Waals surface area contributed by atoms with Gasteiger partial charge in [0, 0.05) is 29.5 Å². The maximum absolute atomic E-state index is 12.2. The molecule has 1 amide bonds. The Morgan fingerprint density at radius 2 is 1.92 bits per heavy atom. The summed E-state index contributed by atoms with van der Waals surface area (Å²) in [5.74, 6) is -1.36. The summed E-state index contributed by atoms with van der Waals surface area (Å²) in [6.45, 7) is 4.36. The van der Waals surface area contributed by atoms with E-state index in [1.54, 1.807) is 10.4 Å². The number of alkyl halides is 3. The summed E-state index contributed by atoms with van der Waals surface area (Å²) in [6, 6.07) is 10.1. The number of piperidine rings is 1. The van der Waals surface area contributed by atoms with Gasteiger partial charge in [0.15, 0.2) is 0 Å². The normalized spacial score (nSPS) is 14.2. The van der Waals surface area contributed by atoms with Gasteiger partial charge in [0.2, 0.25) is 0 Å². The highest BCUT2D eigenvalue weighted by atomic mass is 32.1. The van der Waals surface area contributed by atoms with E-state index in [1.807, 2.05) is 30.5 Å². The molecular formula is C24H26F3N3O5S. The van der Waals surface area contributed by atoms with E-state index in [0.717, 1.165) is 60.4 Å². The molecule has 0 spiro atoms. The predicted octanol–water partition coefficient (Wildman–Crippen LogP) is 5.45. The molecule has 4 rings (SSSR count). The van der Waals surface area contributed by atoms with E-state index < -0.39 is 12.1 Å². The smallest absolute Gasteiger partial charge is 0.490 e. The van der Waals surface area contributed by atoms with Crippen LogP contribution in [0.2, 0.25) is 0 Å². The number of ether oxygens (including phenoxy) is 2. The van der Waals surface area contributed by atoms with Gasteiger partial charge in [-0.2, -0.15) is 13.2 Å². The summed E-state index contributed by atoms with van der Waals surface area (Å²) in [5.41, 5.74) is 4.45. The van der Waals surface area contributed by atoms with Crippen LogP contribution in [0, 0.1) is 12.8 Å². The number of aryl methyl sites for hydroxylation is 1. The van der Waals surface area contributed by atoms with Crippen LogP contribution in [-0.4, -0.2) is 57.9 Å². The number of para-hydroxylation sites is 1. The van der Waals surface area contributed by atoms with Crippen molar-refractivity contribution in [3.63, 3.8) is 0 Å². The number of pyridine rings is 1. The van der Waals surface area contributed by atoms with Crippen LogP contribution in [0.5, 0.6) is 5.75 Å². The molecule has 0 bridgehead atoms. The Morgan fingerprint density at radius 1 is 1.19 bits per heavy atom. The second kappa shape index (κ2) is 12.5. The minimum absolute atomic E-state index is 0.245. The van der Waals surface area contributed by atoms with Crippen LogP contribution >= 0.6 is 11.3 Å². The molecule has 1 saturated heterocycles. The maximum atomic E-state index is 12.2. The van der Waals surface area contributed by atoms with Gasteiger partial charge in [0.05, 0.1) is 17.8 Å². The lowest BCUT2D eigenvalue weighted by molar-refractivity contribution is -0.192. The van der Waals surface area contributed by atoms with Gasteiger partial charge in [-0.1, -0.05) is 18.2 Å². The molecule has 1 aliphatic rings. The Kier molecular flexibility index (Phi) is 9.45. The molecule has 36 heavy (non-hydrogen) atoms. The van der Waals surface area contributed by atoms with Crippen LogP contribution in [0.4, 0.5) is 18.0 Å². The number of carbonyl (C=O) groups is 2. The van der Waals surface area contributed by atoms with E-state index in [1.165, 1.54) is 11.3 Å². The van der Waals surface area contributed by atoms with Crippen LogP contribution in [0.25, 0.3) is 10.9 Å². The highest BCUT2D eigenvalue weighted by Crippen LogP contribution is 2.26. The number of amides is 1. The van der Waals surface area contributed by atoms with E-state index in [4.69, 9.17) is 19.4 Å². The van der Waals surface area contributed by atoms with Crippen molar-refractivity contribution >= 4 is 34.3 Å². The third-order valence-electron chi connectivity index (χ3n) is 5.55. The first kappa shape index (κ1) is 27.2. The summed E-state index contributed by atoms with van der Waals surface area (Å²) >= 11 is 1.50. The van der Waals surface area contributed by atoms with Gasteiger partial charge in [-0.05, 0) is 44.2 Å². The Bertz CT molecular complexity index is 1150. The molecule has 1 aliphatic heterocycles. The van der Waals surface area contributed by atoms with E-state index in [9.17, 15) is 18.0 Å². The zero-order chi connectivity index (χ0) is 26.1. The number of thiazole rings is 1. The number of rotatable bonds is 6. The van der Waals surface area contributed by atoms with Crippen molar-refractivity contribution < 1.29 is 37.3 Å². The number of hydrogen-bond acceptors (Lipinski definition) is 7. The summed E-state index contributed by atoms with van der Waals surface area (Å²) in [4.78, 5) is 31.6. The minimum Gasteiger partial charge on any atom is -0.491 e. The van der Waals surface area contributed by atoms with Crippen LogP contribution in [0.1, 0.15) is 30.7 Å². The number of carboxylic acid groups (broad SMARTS) is 1. The van der Waals surface area contributed by atoms with Gasteiger partial charge < -0.3 is 19.5 Å². The van der Waals surface area contributed by atoms with Crippen molar-refractivity contribution in [2.45, 2.75) is 39.0 Å². The number of hydrogen-bond donors (Lipinski definition) is 1. The third kappa shape index (κ3) is 8.08. The molecule has 1 N–H and O–H groups in total. The van der Waals surface area contributed by atoms with Crippen LogP contribution in [-0.2, 0) is 16.1 Å². The van der Waals surface area contributed by atoms with E-state index in [-0.39, 0.29) is 12.7 Å². The van der Waals surface area contributed by atoms with Gasteiger partial charge in [-0.15, -0.1) is 11.3 Å². The molecule has 3 aromatic rings. The van der Waals surface area contributed by atoms with E-state index in [2.05, 4.69) is 22.1 Å². The quantitative estimate of drug-likeness (QED) is 0.457. The molecule has 0 aliphatic carbocycles. The monoisotopic (exact) mass is 525 g/mol. The summed E-state index contributed by atoms with van der Waals surface area (Å²) in [7, 11) is 0. The van der Waals surface area contributed by atoms with Crippen LogP contribution in [0.15, 0.2) is 41.2 Å². The molecule has 0 atom stereocenters. The number of likely N-dealkylation sites (tertiary alicyclic amines) is 1. The molecule has 3 heterocycles. The molecule has 8 nitrogen and oxygen atoms in total. The number of fused-ring (bicyclic) bond motifs is 1. The third-order valence-corrected chi connectivity index (χ3v) is 6.18. The minimum atomic E-state index is -5.08. The predicted molar refractivity (Wildman–Crippen MR) is 127 cm³/mol. The first-order chi connectivity index (χ1) is 17.1. The fourth-order valence-corrected chi connectivity index (χ4v) is 4.15. The van der Waals surface area contributed by atoms with Crippen molar-refractivity contribution in [3.05, 3.63) is 52.6 Å². The van der Waals surface area contributed by atoms with Crippen molar-refractivity contribution in [2.75, 3.05) is 19.7 Å². The standard InChI is InChI=1S/C22H25N3O3S.C2HF3O2/c1-16-5-6-18-3-2-4-20(21(18)24-16)27-12-9-17-7-10-25(11-8-17)22(26)28-13-19-14-29-15-23-19;3-2(4,5)1(6)7/h2-6,14-15,17H,7-13H2,1H3;(H,6,7). The summed E-state index contributed by atoms with van der Waals surface area (Å²) < 4.78 is 43.1. The molecule has 2 aromatic heterocycles. The second-order valence-corrected chi connectivity index (χ2v) is 8.90. The average Bonchev–Trinajstić information content (AvgIpc) is 3.37. The highest BCUT2D eigenvalue weighted by Gasteiger charge is 2.38. The largest absolute Gasteiger partial charge is 0.491 e. The first-order valence-electron chi connectivity index (χ1n) is 11.2. The Morgan fingerprint density at radius 3 is 2.56 bits per heavy atom. The Hall–Kier alpha value is -3.41. The molecule has 0 saturated carbocycles.